The van der Waals surface area contributed by atoms with Crippen molar-refractivity contribution in [1.29, 1.82) is 0 Å². The van der Waals surface area contributed by atoms with Crippen molar-refractivity contribution in [3.8, 4) is 0 Å². The van der Waals surface area contributed by atoms with E-state index in [1.807, 2.05) is 0 Å². The average Bonchev–Trinajstić information content (AvgIpc) is 2.58. The van der Waals surface area contributed by atoms with E-state index in [1.54, 1.807) is 0 Å². The third kappa shape index (κ3) is 6.94. The molecule has 0 spiro atoms. The average molecular weight is 348 g/mol. The van der Waals surface area contributed by atoms with Gasteiger partial charge >= 0.3 is 0 Å². The summed E-state index contributed by atoms with van der Waals surface area (Å²) in [5.41, 5.74) is 0. The summed E-state index contributed by atoms with van der Waals surface area (Å²) in [5, 5.41) is 19.9. The van der Waals surface area contributed by atoms with Gasteiger partial charge in [0, 0.05) is 19.8 Å². The van der Waals surface area contributed by atoms with Gasteiger partial charge < -0.3 is 29.2 Å². The SMILES string of the molecule is CCCCOC1C(O)OC(CO)C(OCCCC)C1OCCCC. The largest absolute Gasteiger partial charge is 0.394 e. The Kier molecular flexibility index (Phi) is 11.8. The zero-order chi connectivity index (χ0) is 17.8. The monoisotopic (exact) mass is 348 g/mol. The first-order valence-electron chi connectivity index (χ1n) is 9.48. The lowest BCUT2D eigenvalue weighted by molar-refractivity contribution is -0.310. The zero-order valence-electron chi connectivity index (χ0n) is 15.5. The van der Waals surface area contributed by atoms with E-state index in [0.29, 0.717) is 19.8 Å². The smallest absolute Gasteiger partial charge is 0.184 e. The van der Waals surface area contributed by atoms with E-state index in [-0.39, 0.29) is 6.61 Å². The van der Waals surface area contributed by atoms with Crippen LogP contribution < -0.4 is 0 Å². The highest BCUT2D eigenvalue weighted by Gasteiger charge is 2.47. The standard InChI is InChI=1S/C18H36O6/c1-4-7-10-21-15-14(13-19)24-18(20)17(23-12-9-6-3)16(15)22-11-8-5-2/h14-20H,4-13H2,1-3H3. The number of rotatable bonds is 13. The summed E-state index contributed by atoms with van der Waals surface area (Å²) < 4.78 is 23.3. The Bertz CT molecular complexity index is 301. The van der Waals surface area contributed by atoms with Gasteiger partial charge in [-0.1, -0.05) is 40.0 Å². The van der Waals surface area contributed by atoms with Gasteiger partial charge in [0.1, 0.15) is 24.4 Å². The lowest BCUT2D eigenvalue weighted by atomic mass is 9.98. The van der Waals surface area contributed by atoms with Crippen molar-refractivity contribution in [3.05, 3.63) is 0 Å². The molecule has 1 aliphatic heterocycles. The van der Waals surface area contributed by atoms with Crippen molar-refractivity contribution >= 4 is 0 Å². The molecule has 0 bridgehead atoms. The highest BCUT2D eigenvalue weighted by molar-refractivity contribution is 4.92. The highest BCUT2D eigenvalue weighted by atomic mass is 16.7. The first-order valence-corrected chi connectivity index (χ1v) is 9.48. The van der Waals surface area contributed by atoms with E-state index >= 15 is 0 Å². The fraction of sp³-hybridized carbons (Fsp3) is 1.00. The lowest BCUT2D eigenvalue weighted by Crippen LogP contribution is -2.61. The van der Waals surface area contributed by atoms with Crippen molar-refractivity contribution in [2.75, 3.05) is 26.4 Å². The van der Waals surface area contributed by atoms with Crippen LogP contribution in [0.25, 0.3) is 0 Å². The van der Waals surface area contributed by atoms with Gasteiger partial charge in [-0.15, -0.1) is 0 Å². The van der Waals surface area contributed by atoms with Gasteiger partial charge in [-0.2, -0.15) is 0 Å². The Morgan fingerprint density at radius 3 is 1.67 bits per heavy atom. The van der Waals surface area contributed by atoms with Crippen LogP contribution in [0.1, 0.15) is 59.3 Å². The van der Waals surface area contributed by atoms with Crippen LogP contribution in [0.15, 0.2) is 0 Å². The Balaban J connectivity index is 2.79. The van der Waals surface area contributed by atoms with Crippen molar-refractivity contribution in [1.82, 2.24) is 0 Å². The minimum absolute atomic E-state index is 0.219. The molecule has 2 N–H and O–H groups in total. The van der Waals surface area contributed by atoms with Crippen LogP contribution in [-0.4, -0.2) is 67.3 Å². The van der Waals surface area contributed by atoms with Crippen LogP contribution in [0.5, 0.6) is 0 Å². The summed E-state index contributed by atoms with van der Waals surface area (Å²) in [5.74, 6) is 0. The Morgan fingerprint density at radius 1 is 0.750 bits per heavy atom. The van der Waals surface area contributed by atoms with Gasteiger partial charge in [-0.25, -0.2) is 0 Å². The molecule has 1 aliphatic rings. The Hall–Kier alpha value is -0.240. The molecule has 0 aromatic carbocycles. The first kappa shape index (κ1) is 21.8. The van der Waals surface area contributed by atoms with E-state index < -0.39 is 30.7 Å². The van der Waals surface area contributed by atoms with Crippen LogP contribution in [-0.2, 0) is 18.9 Å². The van der Waals surface area contributed by atoms with Gasteiger partial charge in [0.15, 0.2) is 6.29 Å². The van der Waals surface area contributed by atoms with Gasteiger partial charge in [0.2, 0.25) is 0 Å². The van der Waals surface area contributed by atoms with Crippen molar-refractivity contribution in [2.45, 2.75) is 90.0 Å². The van der Waals surface area contributed by atoms with Crippen molar-refractivity contribution in [3.63, 3.8) is 0 Å². The molecule has 5 unspecified atom stereocenters. The molecular formula is C18H36O6. The van der Waals surface area contributed by atoms with E-state index in [2.05, 4.69) is 20.8 Å². The Labute approximate surface area is 146 Å². The lowest BCUT2D eigenvalue weighted by Gasteiger charge is -2.44. The van der Waals surface area contributed by atoms with Gasteiger partial charge in [0.25, 0.3) is 0 Å². The molecule has 24 heavy (non-hydrogen) atoms. The quantitative estimate of drug-likeness (QED) is 0.497. The summed E-state index contributed by atoms with van der Waals surface area (Å²) in [6.07, 6.45) is 2.65. The molecule has 0 aliphatic carbocycles. The fourth-order valence-corrected chi connectivity index (χ4v) is 2.70. The molecule has 1 heterocycles. The number of hydrogen-bond donors (Lipinski definition) is 2. The van der Waals surface area contributed by atoms with E-state index in [0.717, 1.165) is 38.5 Å². The minimum atomic E-state index is -1.11. The molecule has 1 fully saturated rings. The summed E-state index contributed by atoms with van der Waals surface area (Å²) in [4.78, 5) is 0. The maximum atomic E-state index is 10.3. The predicted molar refractivity (Wildman–Crippen MR) is 91.9 cm³/mol. The molecule has 0 radical (unpaired) electrons. The molecule has 0 aromatic heterocycles. The van der Waals surface area contributed by atoms with Crippen LogP contribution >= 0.6 is 0 Å². The van der Waals surface area contributed by atoms with Crippen molar-refractivity contribution in [2.24, 2.45) is 0 Å². The molecule has 6 heteroatoms. The van der Waals surface area contributed by atoms with E-state index in [4.69, 9.17) is 18.9 Å². The molecule has 5 atom stereocenters. The second-order valence-electron chi connectivity index (χ2n) is 6.31. The van der Waals surface area contributed by atoms with Gasteiger partial charge in [-0.05, 0) is 19.3 Å². The number of aliphatic hydroxyl groups is 2. The maximum Gasteiger partial charge on any atom is 0.184 e. The fourth-order valence-electron chi connectivity index (χ4n) is 2.70. The molecule has 1 saturated heterocycles. The second-order valence-corrected chi connectivity index (χ2v) is 6.31. The first-order chi connectivity index (χ1) is 11.7. The van der Waals surface area contributed by atoms with Crippen LogP contribution in [0, 0.1) is 0 Å². The molecular weight excluding hydrogens is 312 g/mol. The van der Waals surface area contributed by atoms with Crippen molar-refractivity contribution < 1.29 is 29.2 Å². The summed E-state index contributed by atoms with van der Waals surface area (Å²) in [7, 11) is 0. The molecule has 0 amide bonds. The van der Waals surface area contributed by atoms with Gasteiger partial charge in [0.05, 0.1) is 6.61 Å². The summed E-state index contributed by atoms with van der Waals surface area (Å²) >= 11 is 0. The maximum absolute atomic E-state index is 10.3. The predicted octanol–water partition coefficient (Wildman–Crippen LogP) is 2.25. The number of ether oxygens (including phenoxy) is 4. The van der Waals surface area contributed by atoms with E-state index in [1.165, 1.54) is 0 Å². The topological polar surface area (TPSA) is 77.4 Å². The molecule has 6 nitrogen and oxygen atoms in total. The van der Waals surface area contributed by atoms with E-state index in [9.17, 15) is 10.2 Å². The zero-order valence-corrected chi connectivity index (χ0v) is 15.5. The van der Waals surface area contributed by atoms with Crippen LogP contribution in [0.3, 0.4) is 0 Å². The summed E-state index contributed by atoms with van der Waals surface area (Å²) in [6, 6.07) is 0. The molecule has 0 aromatic rings. The molecule has 144 valence electrons. The Morgan fingerprint density at radius 2 is 1.21 bits per heavy atom. The van der Waals surface area contributed by atoms with Gasteiger partial charge in [-0.3, -0.25) is 0 Å². The number of aliphatic hydroxyl groups excluding tert-OH is 2. The molecule has 1 rings (SSSR count). The normalized spacial score (nSPS) is 30.6. The van der Waals surface area contributed by atoms with Crippen LogP contribution in [0.4, 0.5) is 0 Å². The second kappa shape index (κ2) is 13.0. The number of hydrogen-bond acceptors (Lipinski definition) is 6. The third-order valence-electron chi connectivity index (χ3n) is 4.21. The minimum Gasteiger partial charge on any atom is -0.394 e. The number of unbranched alkanes of at least 4 members (excludes halogenated alkanes) is 3. The summed E-state index contributed by atoms with van der Waals surface area (Å²) in [6.45, 7) is 7.76. The van der Waals surface area contributed by atoms with Crippen LogP contribution in [0.2, 0.25) is 0 Å². The third-order valence-corrected chi connectivity index (χ3v) is 4.21. The molecule has 0 saturated carbocycles. The highest BCUT2D eigenvalue weighted by Crippen LogP contribution is 2.27.